The third-order valence-electron chi connectivity index (χ3n) is 3.02. The van der Waals surface area contributed by atoms with E-state index >= 15 is 0 Å². The van der Waals surface area contributed by atoms with Gasteiger partial charge in [0.1, 0.15) is 5.82 Å². The summed E-state index contributed by atoms with van der Waals surface area (Å²) in [6, 6.07) is 6.27. The maximum atomic E-state index is 14.0. The van der Waals surface area contributed by atoms with Crippen molar-refractivity contribution in [1.82, 2.24) is 15.1 Å². The van der Waals surface area contributed by atoms with Crippen LogP contribution in [0, 0.1) is 5.82 Å². The minimum atomic E-state index is -0.265. The van der Waals surface area contributed by atoms with E-state index in [-0.39, 0.29) is 11.9 Å². The number of halogens is 2. The zero-order chi connectivity index (χ0) is 13.8. The molecule has 0 bridgehead atoms. The third kappa shape index (κ3) is 2.96. The molecule has 0 saturated carbocycles. The monoisotopic (exact) mass is 281 g/mol. The highest BCUT2D eigenvalue weighted by Gasteiger charge is 2.20. The minimum Gasteiger partial charge on any atom is -0.305 e. The van der Waals surface area contributed by atoms with Crippen molar-refractivity contribution in [3.05, 3.63) is 52.6 Å². The van der Waals surface area contributed by atoms with Gasteiger partial charge in [-0.25, -0.2) is 4.39 Å². The number of nitrogens with one attached hydrogen (secondary N) is 1. The van der Waals surface area contributed by atoms with E-state index in [0.29, 0.717) is 10.6 Å². The number of hydrogen-bond acceptors (Lipinski definition) is 2. The van der Waals surface area contributed by atoms with Crippen LogP contribution in [-0.2, 0) is 6.54 Å². The lowest BCUT2D eigenvalue weighted by molar-refractivity contribution is 0.515. The fraction of sp³-hybridized carbons (Fsp3) is 0.357. The van der Waals surface area contributed by atoms with Gasteiger partial charge in [-0.2, -0.15) is 5.10 Å². The molecule has 0 amide bonds. The SMILES string of the molecule is CCNC(c1cc(Cl)ccc1F)c1ccnn1CC. The smallest absolute Gasteiger partial charge is 0.128 e. The van der Waals surface area contributed by atoms with Crippen molar-refractivity contribution in [3.63, 3.8) is 0 Å². The van der Waals surface area contributed by atoms with Crippen molar-refractivity contribution in [2.75, 3.05) is 6.54 Å². The van der Waals surface area contributed by atoms with Crippen molar-refractivity contribution < 1.29 is 4.39 Å². The summed E-state index contributed by atoms with van der Waals surface area (Å²) in [5, 5.41) is 8.05. The van der Waals surface area contributed by atoms with Gasteiger partial charge in [-0.3, -0.25) is 4.68 Å². The molecule has 0 aliphatic heterocycles. The molecule has 2 rings (SSSR count). The van der Waals surface area contributed by atoms with Gasteiger partial charge in [-0.1, -0.05) is 18.5 Å². The quantitative estimate of drug-likeness (QED) is 0.910. The topological polar surface area (TPSA) is 29.9 Å². The summed E-state index contributed by atoms with van der Waals surface area (Å²) in [5.41, 5.74) is 1.48. The van der Waals surface area contributed by atoms with Crippen LogP contribution in [0.15, 0.2) is 30.5 Å². The van der Waals surface area contributed by atoms with Crippen molar-refractivity contribution >= 4 is 11.6 Å². The van der Waals surface area contributed by atoms with Gasteiger partial charge >= 0.3 is 0 Å². The molecule has 2 aromatic rings. The average molecular weight is 282 g/mol. The highest BCUT2D eigenvalue weighted by Crippen LogP contribution is 2.26. The van der Waals surface area contributed by atoms with Gasteiger partial charge in [-0.05, 0) is 37.7 Å². The van der Waals surface area contributed by atoms with Gasteiger partial charge < -0.3 is 5.32 Å². The number of benzene rings is 1. The Morgan fingerprint density at radius 1 is 1.37 bits per heavy atom. The summed E-state index contributed by atoms with van der Waals surface area (Å²) in [4.78, 5) is 0. The molecule has 1 aromatic carbocycles. The van der Waals surface area contributed by atoms with Crippen LogP contribution in [0.25, 0.3) is 0 Å². The first-order valence-corrected chi connectivity index (χ1v) is 6.75. The number of hydrogen-bond donors (Lipinski definition) is 1. The predicted molar refractivity (Wildman–Crippen MR) is 74.8 cm³/mol. The molecule has 0 saturated heterocycles. The lowest BCUT2D eigenvalue weighted by Gasteiger charge is -2.20. The predicted octanol–water partition coefficient (Wildman–Crippen LogP) is 3.39. The molecule has 0 aliphatic carbocycles. The van der Waals surface area contributed by atoms with E-state index in [1.54, 1.807) is 18.3 Å². The molecule has 0 aliphatic rings. The third-order valence-corrected chi connectivity index (χ3v) is 3.26. The van der Waals surface area contributed by atoms with Gasteiger partial charge in [0, 0.05) is 23.3 Å². The van der Waals surface area contributed by atoms with Crippen LogP contribution in [0.2, 0.25) is 5.02 Å². The molecule has 1 aromatic heterocycles. The lowest BCUT2D eigenvalue weighted by atomic mass is 10.0. The highest BCUT2D eigenvalue weighted by molar-refractivity contribution is 6.30. The molecule has 1 unspecified atom stereocenters. The Labute approximate surface area is 117 Å². The van der Waals surface area contributed by atoms with Crippen LogP contribution < -0.4 is 5.32 Å². The second kappa shape index (κ2) is 6.17. The Morgan fingerprint density at radius 3 is 2.84 bits per heavy atom. The molecule has 1 atom stereocenters. The molecular weight excluding hydrogens is 265 g/mol. The Kier molecular flexibility index (Phi) is 4.56. The normalized spacial score (nSPS) is 12.6. The summed E-state index contributed by atoms with van der Waals surface area (Å²) < 4.78 is 15.9. The molecule has 0 spiro atoms. The number of aromatic nitrogens is 2. The number of rotatable bonds is 5. The maximum absolute atomic E-state index is 14.0. The maximum Gasteiger partial charge on any atom is 0.128 e. The van der Waals surface area contributed by atoms with E-state index in [9.17, 15) is 4.39 Å². The second-order valence-corrected chi connectivity index (χ2v) is 4.66. The molecule has 1 heterocycles. The summed E-state index contributed by atoms with van der Waals surface area (Å²) in [6.45, 7) is 5.47. The summed E-state index contributed by atoms with van der Waals surface area (Å²) >= 11 is 5.98. The highest BCUT2D eigenvalue weighted by atomic mass is 35.5. The van der Waals surface area contributed by atoms with Crippen molar-refractivity contribution in [1.29, 1.82) is 0 Å². The van der Waals surface area contributed by atoms with E-state index in [1.165, 1.54) is 6.07 Å². The largest absolute Gasteiger partial charge is 0.305 e. The summed E-state index contributed by atoms with van der Waals surface area (Å²) in [6.07, 6.45) is 1.73. The van der Waals surface area contributed by atoms with E-state index in [0.717, 1.165) is 18.8 Å². The van der Waals surface area contributed by atoms with Gasteiger partial charge in [0.25, 0.3) is 0 Å². The van der Waals surface area contributed by atoms with E-state index in [4.69, 9.17) is 11.6 Å². The zero-order valence-electron chi connectivity index (χ0n) is 11.0. The minimum absolute atomic E-state index is 0.244. The van der Waals surface area contributed by atoms with Crippen molar-refractivity contribution in [2.24, 2.45) is 0 Å². The Hall–Kier alpha value is -1.39. The van der Waals surface area contributed by atoms with Crippen molar-refractivity contribution in [2.45, 2.75) is 26.4 Å². The Bertz CT molecular complexity index is 553. The molecular formula is C14H17ClFN3. The van der Waals surface area contributed by atoms with Gasteiger partial charge in [0.2, 0.25) is 0 Å². The molecule has 5 heteroatoms. The first-order chi connectivity index (χ1) is 9.17. The van der Waals surface area contributed by atoms with E-state index < -0.39 is 0 Å². The van der Waals surface area contributed by atoms with Gasteiger partial charge in [0.15, 0.2) is 0 Å². The van der Waals surface area contributed by atoms with Crippen LogP contribution in [0.4, 0.5) is 4.39 Å². The first-order valence-electron chi connectivity index (χ1n) is 6.37. The molecule has 3 nitrogen and oxygen atoms in total. The summed E-state index contributed by atoms with van der Waals surface area (Å²) in [7, 11) is 0. The number of nitrogens with zero attached hydrogens (tertiary/aromatic N) is 2. The molecule has 1 N–H and O–H groups in total. The summed E-state index contributed by atoms with van der Waals surface area (Å²) in [5.74, 6) is -0.265. The van der Waals surface area contributed by atoms with Crippen LogP contribution in [-0.4, -0.2) is 16.3 Å². The van der Waals surface area contributed by atoms with Gasteiger partial charge in [0.05, 0.1) is 11.7 Å². The lowest BCUT2D eigenvalue weighted by Crippen LogP contribution is -2.25. The fourth-order valence-electron chi connectivity index (χ4n) is 2.17. The van der Waals surface area contributed by atoms with Crippen LogP contribution in [0.5, 0.6) is 0 Å². The Morgan fingerprint density at radius 2 is 2.16 bits per heavy atom. The molecule has 102 valence electrons. The first kappa shape index (κ1) is 14.0. The average Bonchev–Trinajstić information content (AvgIpc) is 2.87. The second-order valence-electron chi connectivity index (χ2n) is 4.23. The Balaban J connectivity index is 2.48. The standard InChI is InChI=1S/C14H17ClFN3/c1-3-17-14(13-7-8-18-19(13)4-2)11-9-10(15)5-6-12(11)16/h5-9,14,17H,3-4H2,1-2H3. The van der Waals surface area contributed by atoms with Crippen molar-refractivity contribution in [3.8, 4) is 0 Å². The van der Waals surface area contributed by atoms with Crippen LogP contribution in [0.1, 0.15) is 31.1 Å². The fourth-order valence-corrected chi connectivity index (χ4v) is 2.35. The van der Waals surface area contributed by atoms with Crippen LogP contribution >= 0.6 is 11.6 Å². The molecule has 0 radical (unpaired) electrons. The molecule has 0 fully saturated rings. The zero-order valence-corrected chi connectivity index (χ0v) is 11.8. The molecule has 19 heavy (non-hydrogen) atoms. The van der Waals surface area contributed by atoms with Gasteiger partial charge in [-0.15, -0.1) is 0 Å². The van der Waals surface area contributed by atoms with E-state index in [2.05, 4.69) is 10.4 Å². The number of aryl methyl sites for hydroxylation is 1. The van der Waals surface area contributed by atoms with Crippen LogP contribution in [0.3, 0.4) is 0 Å². The van der Waals surface area contributed by atoms with E-state index in [1.807, 2.05) is 24.6 Å².